The van der Waals surface area contributed by atoms with Crippen LogP contribution in [-0.2, 0) is 4.79 Å². The van der Waals surface area contributed by atoms with E-state index in [2.05, 4.69) is 6.92 Å². The molecule has 0 N–H and O–H groups in total. The van der Waals surface area contributed by atoms with Gasteiger partial charge in [0.25, 0.3) is 0 Å². The van der Waals surface area contributed by atoms with Crippen LogP contribution in [-0.4, -0.2) is 24.4 Å². The Kier molecular flexibility index (Phi) is 0.805. The second-order valence-electron chi connectivity index (χ2n) is 1.92. The SMILES string of the molecule is [CH2]C1CN(C)C1=O. The molecule has 0 aromatic heterocycles. The second-order valence-corrected chi connectivity index (χ2v) is 1.92. The molecule has 1 aliphatic rings. The summed E-state index contributed by atoms with van der Waals surface area (Å²) in [4.78, 5) is 12.1. The first-order valence-corrected chi connectivity index (χ1v) is 2.30. The lowest BCUT2D eigenvalue weighted by atomic mass is 10.0. The van der Waals surface area contributed by atoms with Crippen molar-refractivity contribution in [1.29, 1.82) is 0 Å². The Hall–Kier alpha value is -0.530. The molecular formula is C5H8NO. The van der Waals surface area contributed by atoms with Gasteiger partial charge in [-0.25, -0.2) is 0 Å². The van der Waals surface area contributed by atoms with E-state index >= 15 is 0 Å². The van der Waals surface area contributed by atoms with Crippen LogP contribution in [0.3, 0.4) is 0 Å². The van der Waals surface area contributed by atoms with Crippen LogP contribution in [0.15, 0.2) is 0 Å². The number of carbonyl (C=O) groups is 1. The molecule has 0 aliphatic carbocycles. The molecule has 0 saturated carbocycles. The molecule has 2 nitrogen and oxygen atoms in total. The molecule has 1 fully saturated rings. The molecule has 7 heavy (non-hydrogen) atoms. The molecule has 1 unspecified atom stereocenters. The predicted octanol–water partition coefficient (Wildman–Crippen LogP) is -0.0913. The third-order valence-electron chi connectivity index (χ3n) is 1.22. The minimum absolute atomic E-state index is 0.0463. The van der Waals surface area contributed by atoms with Crippen LogP contribution in [0.5, 0.6) is 0 Å². The van der Waals surface area contributed by atoms with Gasteiger partial charge in [0.1, 0.15) is 0 Å². The quantitative estimate of drug-likeness (QED) is 0.388. The van der Waals surface area contributed by atoms with E-state index in [9.17, 15) is 4.79 Å². The zero-order chi connectivity index (χ0) is 5.44. The first-order chi connectivity index (χ1) is 3.22. The van der Waals surface area contributed by atoms with Gasteiger partial charge >= 0.3 is 0 Å². The molecule has 2 heteroatoms. The van der Waals surface area contributed by atoms with Crippen LogP contribution >= 0.6 is 0 Å². The minimum atomic E-state index is 0.0463. The molecule has 1 atom stereocenters. The molecule has 1 aliphatic heterocycles. The third-order valence-corrected chi connectivity index (χ3v) is 1.22. The monoisotopic (exact) mass is 98.1 g/mol. The van der Waals surface area contributed by atoms with Crippen molar-refractivity contribution in [2.24, 2.45) is 5.92 Å². The maximum absolute atomic E-state index is 10.4. The summed E-state index contributed by atoms with van der Waals surface area (Å²) in [6.45, 7) is 4.42. The van der Waals surface area contributed by atoms with Gasteiger partial charge in [0, 0.05) is 13.6 Å². The number of rotatable bonds is 0. The Morgan fingerprint density at radius 1 is 2.00 bits per heavy atom. The largest absolute Gasteiger partial charge is 0.345 e. The summed E-state index contributed by atoms with van der Waals surface area (Å²) >= 11 is 0. The fourth-order valence-corrected chi connectivity index (χ4v) is 0.698. The van der Waals surface area contributed by atoms with Crippen molar-refractivity contribution < 1.29 is 4.79 Å². The van der Waals surface area contributed by atoms with Gasteiger partial charge in [0.15, 0.2) is 0 Å². The van der Waals surface area contributed by atoms with Crippen LogP contribution < -0.4 is 0 Å². The Bertz CT molecular complexity index is 90.3. The van der Waals surface area contributed by atoms with Gasteiger partial charge in [0.05, 0.1) is 5.92 Å². The summed E-state index contributed by atoms with van der Waals surface area (Å²) in [5.74, 6) is 0.213. The number of amides is 1. The van der Waals surface area contributed by atoms with Gasteiger partial charge in [-0.05, 0) is 6.92 Å². The van der Waals surface area contributed by atoms with E-state index in [0.717, 1.165) is 6.54 Å². The van der Waals surface area contributed by atoms with Gasteiger partial charge < -0.3 is 4.90 Å². The second kappa shape index (κ2) is 1.22. The summed E-state index contributed by atoms with van der Waals surface area (Å²) in [6, 6.07) is 0. The highest BCUT2D eigenvalue weighted by Gasteiger charge is 2.28. The van der Waals surface area contributed by atoms with Crippen molar-refractivity contribution in [3.63, 3.8) is 0 Å². The predicted molar refractivity (Wildman–Crippen MR) is 26.5 cm³/mol. The van der Waals surface area contributed by atoms with Gasteiger partial charge in [-0.15, -0.1) is 0 Å². The fraction of sp³-hybridized carbons (Fsp3) is 0.600. The topological polar surface area (TPSA) is 20.3 Å². The molecule has 1 amide bonds. The van der Waals surface area contributed by atoms with Crippen molar-refractivity contribution in [3.05, 3.63) is 6.92 Å². The number of carbonyl (C=O) groups excluding carboxylic acids is 1. The highest BCUT2D eigenvalue weighted by atomic mass is 16.2. The zero-order valence-electron chi connectivity index (χ0n) is 4.35. The van der Waals surface area contributed by atoms with E-state index < -0.39 is 0 Å². The van der Waals surface area contributed by atoms with Crippen LogP contribution in [0.2, 0.25) is 0 Å². The van der Waals surface area contributed by atoms with Gasteiger partial charge in [-0.1, -0.05) is 0 Å². The van der Waals surface area contributed by atoms with E-state index in [1.165, 1.54) is 0 Å². The Morgan fingerprint density at radius 3 is 2.57 bits per heavy atom. The van der Waals surface area contributed by atoms with Crippen LogP contribution in [0.25, 0.3) is 0 Å². The Balaban J connectivity index is 2.44. The van der Waals surface area contributed by atoms with Gasteiger partial charge in [0.2, 0.25) is 5.91 Å². The van der Waals surface area contributed by atoms with Crippen molar-refractivity contribution in [1.82, 2.24) is 4.90 Å². The molecule has 0 aromatic carbocycles. The maximum atomic E-state index is 10.4. The summed E-state index contributed by atoms with van der Waals surface area (Å²) in [5, 5.41) is 0. The molecular weight excluding hydrogens is 90.1 g/mol. The average Bonchev–Trinajstić information content (AvgIpc) is 1.68. The fourth-order valence-electron chi connectivity index (χ4n) is 0.698. The van der Waals surface area contributed by atoms with E-state index in [4.69, 9.17) is 0 Å². The maximum Gasteiger partial charge on any atom is 0.227 e. The first-order valence-electron chi connectivity index (χ1n) is 2.30. The van der Waals surface area contributed by atoms with Crippen molar-refractivity contribution in [3.8, 4) is 0 Å². The summed E-state index contributed by atoms with van der Waals surface area (Å²) in [5.41, 5.74) is 0. The lowest BCUT2D eigenvalue weighted by Gasteiger charge is -2.32. The van der Waals surface area contributed by atoms with Crippen molar-refractivity contribution in [2.45, 2.75) is 0 Å². The Labute approximate surface area is 43.1 Å². The first kappa shape index (κ1) is 4.62. The minimum Gasteiger partial charge on any atom is -0.345 e. The van der Waals surface area contributed by atoms with E-state index in [0.29, 0.717) is 0 Å². The molecule has 0 aromatic rings. The molecule has 0 spiro atoms. The normalized spacial score (nSPS) is 30.3. The standard InChI is InChI=1S/C5H8NO/c1-4-3-6(2)5(4)7/h4H,1,3H2,2H3. The Morgan fingerprint density at radius 2 is 2.57 bits per heavy atom. The number of β-lactam (4-membered cyclic amide) rings is 1. The molecule has 1 rings (SSSR count). The van der Waals surface area contributed by atoms with E-state index in [1.54, 1.807) is 11.9 Å². The van der Waals surface area contributed by atoms with Crippen molar-refractivity contribution >= 4 is 5.91 Å². The number of likely N-dealkylation sites (tertiary alicyclic amines) is 1. The van der Waals surface area contributed by atoms with Gasteiger partial charge in [-0.3, -0.25) is 4.79 Å². The number of nitrogens with zero attached hydrogens (tertiary/aromatic N) is 1. The third kappa shape index (κ3) is 0.501. The molecule has 1 heterocycles. The zero-order valence-corrected chi connectivity index (χ0v) is 4.35. The molecule has 0 bridgehead atoms. The highest BCUT2D eigenvalue weighted by Crippen LogP contribution is 2.11. The number of hydrogen-bond acceptors (Lipinski definition) is 1. The summed E-state index contributed by atoms with van der Waals surface area (Å²) in [6.07, 6.45) is 0. The average molecular weight is 98.1 g/mol. The lowest BCUT2D eigenvalue weighted by Crippen LogP contribution is -2.48. The van der Waals surface area contributed by atoms with E-state index in [-0.39, 0.29) is 11.8 Å². The smallest absolute Gasteiger partial charge is 0.227 e. The molecule has 39 valence electrons. The van der Waals surface area contributed by atoms with E-state index in [1.807, 2.05) is 0 Å². The van der Waals surface area contributed by atoms with Gasteiger partial charge in [-0.2, -0.15) is 0 Å². The highest BCUT2D eigenvalue weighted by molar-refractivity contribution is 5.84. The van der Waals surface area contributed by atoms with Crippen molar-refractivity contribution in [2.75, 3.05) is 13.6 Å². The number of hydrogen-bond donors (Lipinski definition) is 0. The lowest BCUT2D eigenvalue weighted by molar-refractivity contribution is -0.142. The molecule has 1 saturated heterocycles. The van der Waals surface area contributed by atoms with Crippen LogP contribution in [0, 0.1) is 12.8 Å². The summed E-state index contributed by atoms with van der Waals surface area (Å²) < 4.78 is 0. The van der Waals surface area contributed by atoms with Crippen LogP contribution in [0.1, 0.15) is 0 Å². The summed E-state index contributed by atoms with van der Waals surface area (Å²) in [7, 11) is 1.78. The van der Waals surface area contributed by atoms with Crippen LogP contribution in [0.4, 0.5) is 0 Å². The molecule has 1 radical (unpaired) electrons.